The molecule has 4 aromatic rings. The molecular weight excluding hydrogens is 891 g/mol. The average Bonchev–Trinajstić information content (AvgIpc) is 3.28. The summed E-state index contributed by atoms with van der Waals surface area (Å²) in [5.74, 6) is 0.424. The first kappa shape index (κ1) is 53.1. The van der Waals surface area contributed by atoms with E-state index < -0.39 is 26.1 Å². The first-order valence-corrected chi connectivity index (χ1v) is 27.8. The fourth-order valence-electron chi connectivity index (χ4n) is 9.36. The number of carbonyl (C=O) groups is 3. The lowest BCUT2D eigenvalue weighted by Crippen LogP contribution is -2.47. The first-order valence-electron chi connectivity index (χ1n) is 24.9. The molecule has 6 rings (SSSR count). The molecule has 3 aromatic carbocycles. The number of nitrogens with zero attached hydrogens (tertiary/aromatic N) is 2. The monoisotopic (exact) mass is 968 g/mol. The molecule has 2 saturated carbocycles. The third kappa shape index (κ3) is 14.7. The molecule has 69 heavy (non-hydrogen) atoms. The van der Waals surface area contributed by atoms with E-state index in [9.17, 15) is 29.4 Å². The Kier molecular flexibility index (Phi) is 17.8. The molecule has 0 radical (unpaired) electrons. The molecule has 376 valence electrons. The van der Waals surface area contributed by atoms with Crippen LogP contribution in [0, 0.1) is 5.92 Å². The molecule has 0 saturated heterocycles. The van der Waals surface area contributed by atoms with Crippen LogP contribution in [-0.2, 0) is 25.1 Å². The summed E-state index contributed by atoms with van der Waals surface area (Å²) < 4.78 is 18.6. The van der Waals surface area contributed by atoms with Crippen molar-refractivity contribution in [2.24, 2.45) is 5.92 Å². The van der Waals surface area contributed by atoms with E-state index in [4.69, 9.17) is 13.9 Å². The molecule has 0 bridgehead atoms. The van der Waals surface area contributed by atoms with Gasteiger partial charge >= 0.3 is 12.2 Å². The molecule has 5 N–H and O–H groups in total. The van der Waals surface area contributed by atoms with Crippen LogP contribution in [0.5, 0.6) is 5.75 Å². The van der Waals surface area contributed by atoms with E-state index in [1.807, 2.05) is 75.4 Å². The molecule has 0 aliphatic heterocycles. The topological polar surface area (TPSA) is 183 Å². The number of phenols is 1. The predicted octanol–water partition coefficient (Wildman–Crippen LogP) is 10.5. The summed E-state index contributed by atoms with van der Waals surface area (Å²) in [5, 5.41) is 28.7. The smallest absolute Gasteiger partial charge is 0.412 e. The van der Waals surface area contributed by atoms with Crippen LogP contribution in [-0.4, -0.2) is 104 Å². The Morgan fingerprint density at radius 2 is 1.58 bits per heavy atom. The number of aryl methyl sites for hydroxylation is 1. The standard InChI is InChI=1S/C54H77N5O9Si/c1-53(2,3)67-51(63)56-39-20-22-40(23-21-39)59(52(64)65)45-32-36(19-26-42(45)38-15-11-10-12-16-38)14-13-31-58(7)49(62)35-66-41-24-17-37(18-25-41)33-55-34-47(68-69(8,9)54(4,5)6)43-27-29-46(60)50-44(43)28-30-48(61)57-50/h10-12,15-16,19,26-30,32,37,39-41,47,55,60H,13-14,17-18,20-25,31,33-35H2,1-9H3,(H,56,63)(H,57,61)(H,64,65)/t37?,39?,40?,41?,47-/m1/s1. The number of aromatic amines is 1. The summed E-state index contributed by atoms with van der Waals surface area (Å²) >= 11 is 0. The number of nitrogens with one attached hydrogen (secondary N) is 3. The summed E-state index contributed by atoms with van der Waals surface area (Å²) in [7, 11) is -0.395. The van der Waals surface area contributed by atoms with E-state index in [-0.39, 0.29) is 53.2 Å². The number of H-pyrrole nitrogens is 1. The highest BCUT2D eigenvalue weighted by atomic mass is 28.4. The molecule has 1 heterocycles. The van der Waals surface area contributed by atoms with Gasteiger partial charge in [0.2, 0.25) is 11.5 Å². The minimum atomic E-state index is -2.20. The van der Waals surface area contributed by atoms with Crippen LogP contribution in [0.3, 0.4) is 0 Å². The maximum atomic E-state index is 13.3. The number of hydrogen-bond donors (Lipinski definition) is 5. The number of pyridine rings is 1. The van der Waals surface area contributed by atoms with E-state index >= 15 is 0 Å². The Bertz CT molecular complexity index is 2420. The molecular formula is C54H77N5O9Si. The number of fused-ring (bicyclic) bond motifs is 1. The van der Waals surface area contributed by atoms with Gasteiger partial charge in [0, 0.05) is 49.2 Å². The number of rotatable bonds is 18. The second kappa shape index (κ2) is 23.1. The minimum Gasteiger partial charge on any atom is -0.506 e. The van der Waals surface area contributed by atoms with Gasteiger partial charge in [-0.15, -0.1) is 0 Å². The lowest BCUT2D eigenvalue weighted by molar-refractivity contribution is -0.137. The lowest BCUT2D eigenvalue weighted by atomic mass is 9.87. The van der Waals surface area contributed by atoms with Crippen LogP contribution < -0.4 is 21.1 Å². The zero-order valence-electron chi connectivity index (χ0n) is 42.4. The molecule has 0 spiro atoms. The van der Waals surface area contributed by atoms with E-state index in [2.05, 4.69) is 49.5 Å². The SMILES string of the molecule is CN(CCCc1ccc(-c2ccccc2)c(N(C(=O)O)C2CCC(NC(=O)OC(C)(C)C)CC2)c1)C(=O)COC1CCC(CNC[C@@H](O[Si](C)(C)C(C)(C)C)c2ccc(O)c3[nH]c(=O)ccc23)CC1. The van der Waals surface area contributed by atoms with E-state index in [1.165, 1.54) is 11.0 Å². The fourth-order valence-corrected chi connectivity index (χ4v) is 10.6. The van der Waals surface area contributed by atoms with Crippen LogP contribution >= 0.6 is 0 Å². The van der Waals surface area contributed by atoms with Crippen molar-refractivity contribution < 1.29 is 38.5 Å². The summed E-state index contributed by atoms with van der Waals surface area (Å²) in [6.45, 7) is 18.6. The van der Waals surface area contributed by atoms with Crippen molar-refractivity contribution in [3.63, 3.8) is 0 Å². The van der Waals surface area contributed by atoms with Gasteiger partial charge in [0.25, 0.3) is 0 Å². The average molecular weight is 968 g/mol. The summed E-state index contributed by atoms with van der Waals surface area (Å²) in [6, 6.07) is 22.3. The number of aromatic hydroxyl groups is 1. The molecule has 2 fully saturated rings. The zero-order chi connectivity index (χ0) is 50.1. The summed E-state index contributed by atoms with van der Waals surface area (Å²) in [6.07, 6.45) is 5.83. The summed E-state index contributed by atoms with van der Waals surface area (Å²) in [4.78, 5) is 57.0. The molecule has 3 amide bonds. The van der Waals surface area contributed by atoms with Crippen LogP contribution in [0.4, 0.5) is 15.3 Å². The van der Waals surface area contributed by atoms with Crippen molar-refractivity contribution in [2.75, 3.05) is 38.2 Å². The van der Waals surface area contributed by atoms with Gasteiger partial charge in [-0.25, -0.2) is 9.59 Å². The largest absolute Gasteiger partial charge is 0.506 e. The molecule has 2 aliphatic carbocycles. The van der Waals surface area contributed by atoms with Crippen LogP contribution in [0.25, 0.3) is 22.0 Å². The number of ether oxygens (including phenoxy) is 2. The quantitative estimate of drug-likeness (QED) is 0.0602. The summed E-state index contributed by atoms with van der Waals surface area (Å²) in [5.41, 5.74) is 3.87. The van der Waals surface area contributed by atoms with Gasteiger partial charge < -0.3 is 44.6 Å². The lowest BCUT2D eigenvalue weighted by Gasteiger charge is -2.40. The third-order valence-electron chi connectivity index (χ3n) is 14.3. The highest BCUT2D eigenvalue weighted by Crippen LogP contribution is 2.42. The van der Waals surface area contributed by atoms with Crippen molar-refractivity contribution in [3.8, 4) is 16.9 Å². The van der Waals surface area contributed by atoms with Gasteiger partial charge in [-0.05, 0) is 150 Å². The number of alkyl carbamates (subject to hydrolysis) is 1. The second-order valence-electron chi connectivity index (χ2n) is 21.7. The number of benzene rings is 3. The zero-order valence-corrected chi connectivity index (χ0v) is 43.4. The van der Waals surface area contributed by atoms with Crippen LogP contribution in [0.1, 0.15) is 117 Å². The fraction of sp³-hybridized carbons (Fsp3) is 0.556. The molecule has 14 nitrogen and oxygen atoms in total. The van der Waals surface area contributed by atoms with Crippen molar-refractivity contribution in [1.29, 1.82) is 0 Å². The number of hydrogen-bond acceptors (Lipinski definition) is 9. The van der Waals surface area contributed by atoms with E-state index in [0.29, 0.717) is 68.7 Å². The predicted molar refractivity (Wildman–Crippen MR) is 276 cm³/mol. The van der Waals surface area contributed by atoms with Gasteiger partial charge in [0.1, 0.15) is 18.0 Å². The minimum absolute atomic E-state index is 0.0113. The number of phenolic OH excluding ortho intramolecular Hbond substituents is 1. The molecule has 15 heteroatoms. The Labute approximate surface area is 409 Å². The van der Waals surface area contributed by atoms with Gasteiger partial charge in [0.05, 0.1) is 23.4 Å². The van der Waals surface area contributed by atoms with Crippen molar-refractivity contribution >= 4 is 43.0 Å². The third-order valence-corrected chi connectivity index (χ3v) is 18.8. The number of anilines is 1. The normalized spacial score (nSPS) is 19.4. The maximum absolute atomic E-state index is 13.3. The van der Waals surface area contributed by atoms with Gasteiger partial charge in [-0.3, -0.25) is 14.5 Å². The van der Waals surface area contributed by atoms with Gasteiger partial charge in [-0.2, -0.15) is 0 Å². The van der Waals surface area contributed by atoms with Crippen LogP contribution in [0.2, 0.25) is 18.1 Å². The highest BCUT2D eigenvalue weighted by molar-refractivity contribution is 6.74. The molecule has 1 atom stereocenters. The van der Waals surface area contributed by atoms with E-state index in [0.717, 1.165) is 59.9 Å². The van der Waals surface area contributed by atoms with Gasteiger partial charge in [0.15, 0.2) is 8.32 Å². The molecule has 1 aromatic heterocycles. The molecule has 0 unspecified atom stereocenters. The highest BCUT2D eigenvalue weighted by Gasteiger charge is 2.40. The Balaban J connectivity index is 0.978. The van der Waals surface area contributed by atoms with Gasteiger partial charge in [-0.1, -0.05) is 69.3 Å². The van der Waals surface area contributed by atoms with E-state index in [1.54, 1.807) is 24.1 Å². The number of carbonyl (C=O) groups excluding carboxylic acids is 2. The van der Waals surface area contributed by atoms with Crippen molar-refractivity contribution in [2.45, 2.75) is 154 Å². The second-order valence-corrected chi connectivity index (χ2v) is 26.5. The number of likely N-dealkylation sites (N-methyl/N-ethyl adjacent to an activating group) is 1. The number of carboxylic acid groups (broad SMARTS) is 1. The molecule has 2 aliphatic rings. The Morgan fingerprint density at radius 1 is 0.884 bits per heavy atom. The van der Waals surface area contributed by atoms with Crippen molar-refractivity contribution in [1.82, 2.24) is 20.5 Å². The number of amides is 3. The maximum Gasteiger partial charge on any atom is 0.412 e. The first-order chi connectivity index (χ1) is 32.6. The van der Waals surface area contributed by atoms with Crippen LogP contribution in [0.15, 0.2) is 77.6 Å². The Hall–Kier alpha value is -5.22. The number of aromatic nitrogens is 1. The van der Waals surface area contributed by atoms with Crippen molar-refractivity contribution in [3.05, 3.63) is 94.3 Å². The Morgan fingerprint density at radius 3 is 2.23 bits per heavy atom.